The maximum absolute atomic E-state index is 14.8. The van der Waals surface area contributed by atoms with E-state index in [1.165, 1.54) is 84.9 Å². The Morgan fingerprint density at radius 3 is 1.41 bits per heavy atom. The van der Waals surface area contributed by atoms with Gasteiger partial charge in [0.25, 0.3) is 0 Å². The molecule has 0 aliphatic rings. The minimum Gasteiger partial charge on any atom is -0.202 e. The van der Waals surface area contributed by atoms with Gasteiger partial charge in [-0.1, -0.05) is 61.9 Å². The number of rotatable bonds is 10. The first-order valence-electron chi connectivity index (χ1n) is 11.1. The predicted molar refractivity (Wildman–Crippen MR) is 127 cm³/mol. The maximum Gasteiger partial charge on any atom is 0.460 e. The van der Waals surface area contributed by atoms with Crippen molar-refractivity contribution in [1.82, 2.24) is 0 Å². The van der Waals surface area contributed by atoms with Crippen LogP contribution < -0.4 is 0 Å². The van der Waals surface area contributed by atoms with Crippen LogP contribution in [0.3, 0.4) is 0 Å². The molecule has 0 unspecified atom stereocenters. The monoisotopic (exact) mass is 604 g/mol. The standard InChI is InChI=1S/C25H21F9O3S2/c1-2-9-18-14-16-21(17-15-18)38(19-10-5-3-6-11-19,20-12-7-4-8-13-20)37-39(35,36)25(33,34)23(28,29)22(26,27)24(30,31)32/h3-8,10-17H,2,9H2,1H3. The van der Waals surface area contributed by atoms with Crippen LogP contribution in [0.5, 0.6) is 0 Å². The van der Waals surface area contributed by atoms with Crippen molar-refractivity contribution in [1.29, 1.82) is 0 Å². The zero-order valence-corrected chi connectivity index (χ0v) is 21.6. The zero-order chi connectivity index (χ0) is 29.3. The van der Waals surface area contributed by atoms with Crippen LogP contribution in [-0.2, 0) is 20.2 Å². The van der Waals surface area contributed by atoms with Crippen LogP contribution in [0.25, 0.3) is 0 Å². The van der Waals surface area contributed by atoms with Gasteiger partial charge in [0.2, 0.25) is 0 Å². The number of aryl methyl sites for hydroxylation is 1. The summed E-state index contributed by atoms with van der Waals surface area (Å²) < 4.78 is 154. The van der Waals surface area contributed by atoms with Gasteiger partial charge < -0.3 is 0 Å². The van der Waals surface area contributed by atoms with E-state index in [4.69, 9.17) is 3.63 Å². The van der Waals surface area contributed by atoms with Crippen molar-refractivity contribution in [2.45, 2.75) is 57.7 Å². The molecule has 0 saturated carbocycles. The fourth-order valence-corrected chi connectivity index (χ4v) is 8.80. The van der Waals surface area contributed by atoms with Crippen molar-refractivity contribution in [2.24, 2.45) is 0 Å². The Morgan fingerprint density at radius 1 is 0.615 bits per heavy atom. The summed E-state index contributed by atoms with van der Waals surface area (Å²) in [6.45, 7) is 1.87. The molecule has 0 atom stereocenters. The second kappa shape index (κ2) is 10.7. The van der Waals surface area contributed by atoms with E-state index in [9.17, 15) is 47.9 Å². The van der Waals surface area contributed by atoms with Crippen LogP contribution in [-0.4, -0.2) is 31.7 Å². The van der Waals surface area contributed by atoms with Gasteiger partial charge in [-0.25, -0.2) is 3.63 Å². The summed E-state index contributed by atoms with van der Waals surface area (Å²) in [5.41, 5.74) is 0.736. The van der Waals surface area contributed by atoms with Gasteiger partial charge in [0, 0.05) is 14.7 Å². The molecule has 0 fully saturated rings. The molecule has 3 aromatic carbocycles. The smallest absolute Gasteiger partial charge is 0.202 e. The minimum atomic E-state index is -7.43. The molecule has 0 aliphatic carbocycles. The van der Waals surface area contributed by atoms with Crippen molar-refractivity contribution < 1.29 is 51.6 Å². The Hall–Kier alpha value is -2.71. The Labute approximate surface area is 220 Å². The van der Waals surface area contributed by atoms with E-state index in [0.29, 0.717) is 12.8 Å². The molecule has 0 N–H and O–H groups in total. The third-order valence-electron chi connectivity index (χ3n) is 5.57. The van der Waals surface area contributed by atoms with Gasteiger partial charge in [-0.05, 0) is 58.7 Å². The lowest BCUT2D eigenvalue weighted by Gasteiger charge is -2.41. The maximum atomic E-state index is 14.8. The van der Waals surface area contributed by atoms with Gasteiger partial charge in [0.05, 0.1) is 0 Å². The summed E-state index contributed by atoms with van der Waals surface area (Å²) in [4.78, 5) is -0.389. The van der Waals surface area contributed by atoms with Gasteiger partial charge in [-0.15, -0.1) is 0 Å². The van der Waals surface area contributed by atoms with Crippen molar-refractivity contribution in [3.63, 3.8) is 0 Å². The van der Waals surface area contributed by atoms with Gasteiger partial charge >= 0.3 is 33.4 Å². The van der Waals surface area contributed by atoms with Crippen molar-refractivity contribution in [3.05, 3.63) is 90.5 Å². The first-order valence-corrected chi connectivity index (χ1v) is 14.1. The molecule has 0 radical (unpaired) electrons. The summed E-state index contributed by atoms with van der Waals surface area (Å²) in [6, 6.07) is 18.9. The highest BCUT2D eigenvalue weighted by Gasteiger charge is 2.86. The fourth-order valence-electron chi connectivity index (χ4n) is 3.58. The molecule has 0 aromatic heterocycles. The molecule has 3 aromatic rings. The molecule has 214 valence electrons. The molecule has 3 nitrogen and oxygen atoms in total. The molecule has 14 heteroatoms. The van der Waals surface area contributed by atoms with E-state index in [0.717, 1.165) is 5.56 Å². The van der Waals surface area contributed by atoms with Gasteiger partial charge in [-0.2, -0.15) is 47.9 Å². The first-order chi connectivity index (χ1) is 18.0. The molecule has 0 aliphatic heterocycles. The Kier molecular flexibility index (Phi) is 8.45. The van der Waals surface area contributed by atoms with Gasteiger partial charge in [0.15, 0.2) is 0 Å². The molecule has 0 heterocycles. The number of halogens is 9. The SMILES string of the molecule is CCCc1ccc(S(OS(=O)(=O)C(F)(F)C(F)(F)C(F)(F)C(F)(F)F)(c2ccccc2)c2ccccc2)cc1. The van der Waals surface area contributed by atoms with E-state index < -0.39 is 43.7 Å². The second-order valence-corrected chi connectivity index (χ2v) is 12.8. The first kappa shape index (κ1) is 30.8. The van der Waals surface area contributed by atoms with E-state index in [1.807, 2.05) is 6.92 Å². The Balaban J connectivity index is 2.33. The highest BCUT2D eigenvalue weighted by molar-refractivity contribution is 8.33. The normalized spacial score (nSPS) is 14.3. The van der Waals surface area contributed by atoms with Gasteiger partial charge in [0.1, 0.15) is 0 Å². The molecule has 0 bridgehead atoms. The molecular weight excluding hydrogens is 583 g/mol. The summed E-state index contributed by atoms with van der Waals surface area (Å²) in [6.07, 6.45) is -5.93. The minimum absolute atomic E-state index is 0.120. The zero-order valence-electron chi connectivity index (χ0n) is 19.9. The summed E-state index contributed by atoms with van der Waals surface area (Å²) in [5, 5.41) is -7.01. The molecule has 3 rings (SSSR count). The van der Waals surface area contributed by atoms with Crippen LogP contribution in [0, 0.1) is 0 Å². The van der Waals surface area contributed by atoms with Crippen LogP contribution >= 0.6 is 10.3 Å². The number of hydrogen-bond donors (Lipinski definition) is 0. The topological polar surface area (TPSA) is 43.4 Å². The van der Waals surface area contributed by atoms with Crippen molar-refractivity contribution >= 4 is 20.4 Å². The molecule has 39 heavy (non-hydrogen) atoms. The van der Waals surface area contributed by atoms with Crippen LogP contribution in [0.2, 0.25) is 0 Å². The van der Waals surface area contributed by atoms with Crippen molar-refractivity contribution in [2.75, 3.05) is 0 Å². The second-order valence-electron chi connectivity index (χ2n) is 8.26. The highest BCUT2D eigenvalue weighted by Crippen LogP contribution is 2.71. The Morgan fingerprint density at radius 2 is 1.03 bits per heavy atom. The van der Waals surface area contributed by atoms with Crippen LogP contribution in [0.4, 0.5) is 39.5 Å². The molecular formula is C25H21F9O3S2. The number of alkyl halides is 9. The largest absolute Gasteiger partial charge is 0.460 e. The molecule has 0 spiro atoms. The lowest BCUT2D eigenvalue weighted by molar-refractivity contribution is -0.382. The fraction of sp³-hybridized carbons (Fsp3) is 0.280. The van der Waals surface area contributed by atoms with E-state index in [1.54, 1.807) is 0 Å². The number of benzene rings is 3. The summed E-state index contributed by atoms with van der Waals surface area (Å²) in [5.74, 6) is -14.8. The lowest BCUT2D eigenvalue weighted by Crippen LogP contribution is -2.63. The van der Waals surface area contributed by atoms with Crippen LogP contribution in [0.1, 0.15) is 18.9 Å². The summed E-state index contributed by atoms with van der Waals surface area (Å²) in [7, 11) is -11.2. The Bertz CT molecular complexity index is 1320. The number of hydrogen-bond acceptors (Lipinski definition) is 3. The average molecular weight is 605 g/mol. The average Bonchev–Trinajstić information content (AvgIpc) is 2.88. The third kappa shape index (κ3) is 5.25. The van der Waals surface area contributed by atoms with Gasteiger partial charge in [-0.3, -0.25) is 0 Å². The highest BCUT2D eigenvalue weighted by atomic mass is 32.3. The van der Waals surface area contributed by atoms with Crippen molar-refractivity contribution in [3.8, 4) is 0 Å². The molecule has 0 saturated heterocycles. The lowest BCUT2D eigenvalue weighted by atomic mass is 10.1. The van der Waals surface area contributed by atoms with Crippen LogP contribution in [0.15, 0.2) is 99.6 Å². The molecule has 0 amide bonds. The quantitative estimate of drug-likeness (QED) is 0.218. The van der Waals surface area contributed by atoms with E-state index in [2.05, 4.69) is 0 Å². The van der Waals surface area contributed by atoms with E-state index >= 15 is 0 Å². The summed E-state index contributed by atoms with van der Waals surface area (Å²) >= 11 is 0. The van der Waals surface area contributed by atoms with E-state index in [-0.39, 0.29) is 14.7 Å². The third-order valence-corrected chi connectivity index (χ3v) is 10.8. The predicted octanol–water partition coefficient (Wildman–Crippen LogP) is 8.61.